The van der Waals surface area contributed by atoms with Crippen LogP contribution in [0.4, 0.5) is 0 Å². The first kappa shape index (κ1) is 11.8. The van der Waals surface area contributed by atoms with E-state index in [2.05, 4.69) is 31.9 Å². The van der Waals surface area contributed by atoms with Crippen LogP contribution in [0, 0.1) is 0 Å². The fourth-order valence-electron chi connectivity index (χ4n) is 0.770. The molecule has 0 radical (unpaired) electrons. The molecular weight excluding hydrogens is 172 g/mol. The van der Waals surface area contributed by atoms with Crippen LogP contribution in [0.2, 0.25) is 0 Å². The van der Waals surface area contributed by atoms with Gasteiger partial charge in [0.2, 0.25) is 5.91 Å². The second kappa shape index (κ2) is 6.31. The number of thiol groups is 1. The molecule has 1 amide bonds. The maximum absolute atomic E-state index is 11.0. The van der Waals surface area contributed by atoms with Crippen LogP contribution in [-0.4, -0.2) is 29.3 Å². The second-order valence-corrected chi connectivity index (χ2v) is 3.28. The van der Waals surface area contributed by atoms with Gasteiger partial charge in [-0.25, -0.2) is 5.43 Å². The van der Waals surface area contributed by atoms with Crippen molar-refractivity contribution in [1.29, 1.82) is 0 Å². The van der Waals surface area contributed by atoms with E-state index in [0.29, 0.717) is 18.3 Å². The van der Waals surface area contributed by atoms with Crippen LogP contribution in [0.1, 0.15) is 27.2 Å². The van der Waals surface area contributed by atoms with Crippen molar-refractivity contribution in [3.8, 4) is 0 Å². The van der Waals surface area contributed by atoms with Gasteiger partial charge in [-0.05, 0) is 13.3 Å². The molecule has 0 aromatic heterocycles. The summed E-state index contributed by atoms with van der Waals surface area (Å²) in [5.74, 6) is 0.729. The molecule has 0 aliphatic heterocycles. The van der Waals surface area contributed by atoms with Gasteiger partial charge < -0.3 is 0 Å². The Hall–Kier alpha value is -0.220. The van der Waals surface area contributed by atoms with Gasteiger partial charge >= 0.3 is 0 Å². The van der Waals surface area contributed by atoms with E-state index in [1.807, 2.05) is 0 Å². The number of hydrogen-bond acceptors (Lipinski definition) is 3. The number of nitrogens with one attached hydrogen (secondary N) is 1. The molecule has 0 aromatic carbocycles. The highest BCUT2D eigenvalue weighted by molar-refractivity contribution is 7.80. The van der Waals surface area contributed by atoms with E-state index in [-0.39, 0.29) is 5.91 Å². The van der Waals surface area contributed by atoms with Crippen molar-refractivity contribution < 1.29 is 4.79 Å². The lowest BCUT2D eigenvalue weighted by Gasteiger charge is -2.24. The molecule has 0 heterocycles. The highest BCUT2D eigenvalue weighted by Gasteiger charge is 2.08. The van der Waals surface area contributed by atoms with Gasteiger partial charge in [0.25, 0.3) is 0 Å². The Morgan fingerprint density at radius 3 is 2.58 bits per heavy atom. The number of hydrogen-bond donors (Lipinski definition) is 2. The van der Waals surface area contributed by atoms with E-state index in [1.165, 1.54) is 0 Å². The molecule has 1 N–H and O–H groups in total. The molecule has 4 heteroatoms. The Morgan fingerprint density at radius 1 is 1.67 bits per heavy atom. The Morgan fingerprint density at radius 2 is 2.25 bits per heavy atom. The average Bonchev–Trinajstić information content (AvgIpc) is 2.03. The monoisotopic (exact) mass is 190 g/mol. The average molecular weight is 190 g/mol. The molecule has 0 saturated heterocycles. The minimum Gasteiger partial charge on any atom is -0.277 e. The van der Waals surface area contributed by atoms with Crippen LogP contribution in [0.25, 0.3) is 0 Å². The summed E-state index contributed by atoms with van der Waals surface area (Å²) in [5, 5.41) is 1.61. The molecule has 0 saturated carbocycles. The summed E-state index contributed by atoms with van der Waals surface area (Å²) in [6, 6.07) is 0.341. The molecule has 1 unspecified atom stereocenters. The standard InChI is InChI=1S/C8H18N2OS/c1-4-7(2)9-10(5-6-12)8(3)11/h7,9,12H,4-6H2,1-3H3. The normalized spacial score (nSPS) is 12.7. The third-order valence-corrected chi connectivity index (χ3v) is 1.89. The van der Waals surface area contributed by atoms with Crippen molar-refractivity contribution in [3.63, 3.8) is 0 Å². The van der Waals surface area contributed by atoms with E-state index < -0.39 is 0 Å². The van der Waals surface area contributed by atoms with Crippen molar-refractivity contribution in [2.75, 3.05) is 12.3 Å². The smallest absolute Gasteiger partial charge is 0.233 e. The van der Waals surface area contributed by atoms with Gasteiger partial charge in [-0.1, -0.05) is 6.92 Å². The van der Waals surface area contributed by atoms with Crippen molar-refractivity contribution in [1.82, 2.24) is 10.4 Å². The summed E-state index contributed by atoms with van der Waals surface area (Å²) < 4.78 is 0. The second-order valence-electron chi connectivity index (χ2n) is 2.83. The highest BCUT2D eigenvalue weighted by atomic mass is 32.1. The third-order valence-electron chi connectivity index (χ3n) is 1.69. The Bertz CT molecular complexity index is 141. The van der Waals surface area contributed by atoms with Crippen molar-refractivity contribution >= 4 is 18.5 Å². The number of carbonyl (C=O) groups excluding carboxylic acids is 1. The lowest BCUT2D eigenvalue weighted by molar-refractivity contribution is -0.132. The molecule has 0 aliphatic carbocycles. The topological polar surface area (TPSA) is 32.3 Å². The molecule has 1 atom stereocenters. The zero-order valence-electron chi connectivity index (χ0n) is 8.00. The maximum atomic E-state index is 11.0. The molecular formula is C8H18N2OS. The summed E-state index contributed by atoms with van der Waals surface area (Å²) in [5.41, 5.74) is 3.10. The largest absolute Gasteiger partial charge is 0.277 e. The van der Waals surface area contributed by atoms with E-state index >= 15 is 0 Å². The van der Waals surface area contributed by atoms with Crippen LogP contribution in [0.15, 0.2) is 0 Å². The van der Waals surface area contributed by atoms with Crippen LogP contribution in [-0.2, 0) is 4.79 Å². The van der Waals surface area contributed by atoms with Crippen LogP contribution < -0.4 is 5.43 Å². The summed E-state index contributed by atoms with van der Waals surface area (Å²) >= 11 is 4.07. The summed E-state index contributed by atoms with van der Waals surface area (Å²) in [6.07, 6.45) is 1.01. The number of rotatable bonds is 5. The quantitative estimate of drug-likeness (QED) is 0.502. The summed E-state index contributed by atoms with van der Waals surface area (Å²) in [4.78, 5) is 11.0. The lowest BCUT2D eigenvalue weighted by Crippen LogP contribution is -2.47. The molecule has 0 aliphatic rings. The first-order valence-corrected chi connectivity index (χ1v) is 4.90. The molecule has 0 aromatic rings. The zero-order valence-corrected chi connectivity index (χ0v) is 8.90. The van der Waals surface area contributed by atoms with Crippen LogP contribution in [0.5, 0.6) is 0 Å². The maximum Gasteiger partial charge on any atom is 0.233 e. The van der Waals surface area contributed by atoms with E-state index in [0.717, 1.165) is 6.42 Å². The van der Waals surface area contributed by atoms with E-state index in [1.54, 1.807) is 11.9 Å². The zero-order chi connectivity index (χ0) is 9.56. The Labute approximate surface area is 79.9 Å². The Kier molecular flexibility index (Phi) is 6.20. The molecule has 0 fully saturated rings. The molecule has 0 rings (SSSR count). The van der Waals surface area contributed by atoms with Gasteiger partial charge in [0.05, 0.1) is 0 Å². The first-order valence-electron chi connectivity index (χ1n) is 4.27. The van der Waals surface area contributed by atoms with Gasteiger partial charge in [-0.15, -0.1) is 0 Å². The first-order chi connectivity index (χ1) is 5.61. The summed E-state index contributed by atoms with van der Waals surface area (Å²) in [7, 11) is 0. The van der Waals surface area contributed by atoms with Gasteiger partial charge in [0.15, 0.2) is 0 Å². The predicted molar refractivity (Wildman–Crippen MR) is 54.1 cm³/mol. The molecule has 72 valence electrons. The van der Waals surface area contributed by atoms with E-state index in [4.69, 9.17) is 0 Å². The third kappa shape index (κ3) is 4.62. The van der Waals surface area contributed by atoms with Gasteiger partial charge in [-0.2, -0.15) is 12.6 Å². The number of amides is 1. The van der Waals surface area contributed by atoms with Crippen molar-refractivity contribution in [2.45, 2.75) is 33.2 Å². The van der Waals surface area contributed by atoms with Crippen LogP contribution >= 0.6 is 12.6 Å². The fraction of sp³-hybridized carbons (Fsp3) is 0.875. The highest BCUT2D eigenvalue weighted by Crippen LogP contribution is 1.93. The van der Waals surface area contributed by atoms with E-state index in [9.17, 15) is 4.79 Å². The Balaban J connectivity index is 3.86. The predicted octanol–water partition coefficient (Wildman–Crippen LogP) is 1.07. The van der Waals surface area contributed by atoms with Crippen LogP contribution in [0.3, 0.4) is 0 Å². The minimum atomic E-state index is 0.0457. The summed E-state index contributed by atoms with van der Waals surface area (Å²) in [6.45, 7) is 6.34. The van der Waals surface area contributed by atoms with Gasteiger partial charge in [0, 0.05) is 25.3 Å². The van der Waals surface area contributed by atoms with Crippen molar-refractivity contribution in [3.05, 3.63) is 0 Å². The van der Waals surface area contributed by atoms with Crippen molar-refractivity contribution in [2.24, 2.45) is 0 Å². The molecule has 12 heavy (non-hydrogen) atoms. The molecule has 0 spiro atoms. The van der Waals surface area contributed by atoms with Gasteiger partial charge in [-0.3, -0.25) is 9.80 Å². The number of hydrazine groups is 1. The molecule has 0 bridgehead atoms. The molecule has 3 nitrogen and oxygen atoms in total. The minimum absolute atomic E-state index is 0.0457. The SMILES string of the molecule is CCC(C)NN(CCS)C(C)=O. The van der Waals surface area contributed by atoms with Gasteiger partial charge in [0.1, 0.15) is 0 Å². The number of nitrogens with zero attached hydrogens (tertiary/aromatic N) is 1. The lowest BCUT2D eigenvalue weighted by atomic mass is 10.3. The fourth-order valence-corrected chi connectivity index (χ4v) is 0.970. The number of carbonyl (C=O) groups is 1.